The average molecular weight is 443 g/mol. The van der Waals surface area contributed by atoms with Crippen molar-refractivity contribution in [3.8, 4) is 0 Å². The SMILES string of the molecule is CCNC(=NCCC(C)C)NC1CCCC(S(=O)CC)C1.I. The second kappa shape index (κ2) is 12.6. The van der Waals surface area contributed by atoms with Crippen molar-refractivity contribution in [2.45, 2.75) is 71.1 Å². The van der Waals surface area contributed by atoms with Gasteiger partial charge in [0.05, 0.1) is 0 Å². The van der Waals surface area contributed by atoms with Crippen LogP contribution in [0.15, 0.2) is 4.99 Å². The molecule has 22 heavy (non-hydrogen) atoms. The highest BCUT2D eigenvalue weighted by Crippen LogP contribution is 2.22. The van der Waals surface area contributed by atoms with E-state index in [0.29, 0.717) is 17.2 Å². The minimum absolute atomic E-state index is 0. The molecule has 4 nitrogen and oxygen atoms in total. The van der Waals surface area contributed by atoms with Gasteiger partial charge < -0.3 is 10.6 Å². The summed E-state index contributed by atoms with van der Waals surface area (Å²) >= 11 is 0. The number of halogens is 1. The van der Waals surface area contributed by atoms with Crippen LogP contribution in [-0.4, -0.2) is 40.3 Å². The molecule has 1 aliphatic rings. The number of nitrogens with zero attached hydrogens (tertiary/aromatic N) is 1. The molecule has 0 amide bonds. The second-order valence-corrected chi connectivity index (χ2v) is 8.25. The molecule has 2 N–H and O–H groups in total. The van der Waals surface area contributed by atoms with Crippen LogP contribution in [0, 0.1) is 5.92 Å². The third-order valence-corrected chi connectivity index (χ3v) is 5.68. The Hall–Kier alpha value is 0.150. The maximum absolute atomic E-state index is 12.0. The Morgan fingerprint density at radius 1 is 1.32 bits per heavy atom. The summed E-state index contributed by atoms with van der Waals surface area (Å²) in [4.78, 5) is 4.66. The molecule has 0 radical (unpaired) electrons. The first kappa shape index (κ1) is 22.1. The van der Waals surface area contributed by atoms with Crippen LogP contribution in [-0.2, 0) is 10.8 Å². The standard InChI is InChI=1S/C16H33N3OS.HI/c1-5-17-16(18-11-10-13(3)4)19-14-8-7-9-15(12-14)21(20)6-2;/h13-15H,5-12H2,1-4H3,(H2,17,18,19);1H. The molecule has 3 unspecified atom stereocenters. The van der Waals surface area contributed by atoms with Crippen LogP contribution in [0.1, 0.15) is 59.8 Å². The largest absolute Gasteiger partial charge is 0.357 e. The van der Waals surface area contributed by atoms with Crippen LogP contribution in [0.3, 0.4) is 0 Å². The molecule has 0 bridgehead atoms. The van der Waals surface area contributed by atoms with Crippen LogP contribution >= 0.6 is 24.0 Å². The molecular weight excluding hydrogens is 409 g/mol. The van der Waals surface area contributed by atoms with E-state index in [2.05, 4.69) is 36.4 Å². The lowest BCUT2D eigenvalue weighted by atomic mass is 9.95. The normalized spacial score (nSPS) is 23.8. The molecule has 0 saturated heterocycles. The molecule has 1 fully saturated rings. The van der Waals surface area contributed by atoms with E-state index in [1.807, 2.05) is 6.92 Å². The van der Waals surface area contributed by atoms with Crippen molar-refractivity contribution in [2.24, 2.45) is 10.9 Å². The van der Waals surface area contributed by atoms with Crippen LogP contribution in [0.4, 0.5) is 0 Å². The smallest absolute Gasteiger partial charge is 0.191 e. The van der Waals surface area contributed by atoms with Gasteiger partial charge in [0.25, 0.3) is 0 Å². The average Bonchev–Trinajstić information content (AvgIpc) is 2.46. The zero-order chi connectivity index (χ0) is 15.7. The Morgan fingerprint density at radius 3 is 2.64 bits per heavy atom. The van der Waals surface area contributed by atoms with E-state index >= 15 is 0 Å². The Labute approximate surface area is 156 Å². The van der Waals surface area contributed by atoms with Gasteiger partial charge in [-0.25, -0.2) is 0 Å². The first-order valence-corrected chi connectivity index (χ1v) is 9.87. The molecule has 3 atom stereocenters. The van der Waals surface area contributed by atoms with E-state index in [1.165, 1.54) is 6.42 Å². The number of guanidine groups is 1. The quantitative estimate of drug-likeness (QED) is 0.361. The van der Waals surface area contributed by atoms with E-state index in [9.17, 15) is 4.21 Å². The number of nitrogens with one attached hydrogen (secondary N) is 2. The van der Waals surface area contributed by atoms with Crippen molar-refractivity contribution >= 4 is 40.7 Å². The van der Waals surface area contributed by atoms with Crippen LogP contribution in [0.2, 0.25) is 0 Å². The summed E-state index contributed by atoms with van der Waals surface area (Å²) in [6, 6.07) is 0.413. The van der Waals surface area contributed by atoms with Crippen molar-refractivity contribution in [1.29, 1.82) is 0 Å². The van der Waals surface area contributed by atoms with Gasteiger partial charge in [-0.3, -0.25) is 9.20 Å². The minimum atomic E-state index is -0.665. The van der Waals surface area contributed by atoms with E-state index in [0.717, 1.165) is 50.5 Å². The molecule has 0 aromatic rings. The molecule has 0 heterocycles. The first-order valence-electron chi connectivity index (χ1n) is 8.48. The summed E-state index contributed by atoms with van der Waals surface area (Å²) in [5.74, 6) is 2.38. The van der Waals surface area contributed by atoms with Gasteiger partial charge >= 0.3 is 0 Å². The molecule has 0 aromatic heterocycles. The third kappa shape index (κ3) is 8.70. The van der Waals surface area contributed by atoms with Crippen molar-refractivity contribution in [1.82, 2.24) is 10.6 Å². The lowest BCUT2D eigenvalue weighted by Gasteiger charge is -2.30. The summed E-state index contributed by atoms with van der Waals surface area (Å²) in [6.45, 7) is 10.3. The lowest BCUT2D eigenvalue weighted by molar-refractivity contribution is 0.413. The predicted octanol–water partition coefficient (Wildman–Crippen LogP) is 3.29. The van der Waals surface area contributed by atoms with Crippen LogP contribution in [0.5, 0.6) is 0 Å². The van der Waals surface area contributed by atoms with E-state index in [4.69, 9.17) is 0 Å². The van der Waals surface area contributed by atoms with Gasteiger partial charge in [-0.15, -0.1) is 24.0 Å². The monoisotopic (exact) mass is 443 g/mol. The fraction of sp³-hybridized carbons (Fsp3) is 0.938. The highest BCUT2D eigenvalue weighted by molar-refractivity contribution is 14.0. The topological polar surface area (TPSA) is 53.5 Å². The number of hydrogen-bond donors (Lipinski definition) is 2. The van der Waals surface area contributed by atoms with Gasteiger partial charge in [0.2, 0.25) is 0 Å². The van der Waals surface area contributed by atoms with E-state index in [-0.39, 0.29) is 24.0 Å². The molecule has 1 aliphatic carbocycles. The summed E-state index contributed by atoms with van der Waals surface area (Å²) in [5.41, 5.74) is 0. The summed E-state index contributed by atoms with van der Waals surface area (Å²) in [5, 5.41) is 7.23. The highest BCUT2D eigenvalue weighted by Gasteiger charge is 2.25. The fourth-order valence-corrected chi connectivity index (χ4v) is 4.05. The predicted molar refractivity (Wildman–Crippen MR) is 109 cm³/mol. The zero-order valence-electron chi connectivity index (χ0n) is 14.6. The fourth-order valence-electron chi connectivity index (χ4n) is 2.70. The van der Waals surface area contributed by atoms with Crippen LogP contribution < -0.4 is 10.6 Å². The summed E-state index contributed by atoms with van der Waals surface area (Å²) in [6.07, 6.45) is 5.56. The van der Waals surface area contributed by atoms with Gasteiger partial charge in [0, 0.05) is 40.9 Å². The Bertz CT molecular complexity index is 350. The number of aliphatic imine (C=N–C) groups is 1. The second-order valence-electron chi connectivity index (χ2n) is 6.24. The molecule has 1 rings (SSSR count). The first-order chi connectivity index (χ1) is 10.1. The summed E-state index contributed by atoms with van der Waals surface area (Å²) in [7, 11) is -0.665. The molecule has 132 valence electrons. The van der Waals surface area contributed by atoms with Gasteiger partial charge in [-0.2, -0.15) is 0 Å². The lowest BCUT2D eigenvalue weighted by Crippen LogP contribution is -2.46. The minimum Gasteiger partial charge on any atom is -0.357 e. The Kier molecular flexibility index (Phi) is 12.6. The Morgan fingerprint density at radius 2 is 2.05 bits per heavy atom. The maximum Gasteiger partial charge on any atom is 0.191 e. The number of hydrogen-bond acceptors (Lipinski definition) is 2. The molecule has 0 spiro atoms. The molecule has 1 saturated carbocycles. The van der Waals surface area contributed by atoms with Gasteiger partial charge in [-0.1, -0.05) is 27.2 Å². The van der Waals surface area contributed by atoms with Gasteiger partial charge in [-0.05, 0) is 38.5 Å². The van der Waals surface area contributed by atoms with Gasteiger partial charge in [0.1, 0.15) is 0 Å². The van der Waals surface area contributed by atoms with Crippen molar-refractivity contribution < 1.29 is 4.21 Å². The van der Waals surface area contributed by atoms with Crippen molar-refractivity contribution in [3.05, 3.63) is 0 Å². The van der Waals surface area contributed by atoms with Crippen molar-refractivity contribution in [2.75, 3.05) is 18.8 Å². The third-order valence-electron chi connectivity index (χ3n) is 3.94. The Balaban J connectivity index is 0.00000441. The molecular formula is C16H34IN3OS. The highest BCUT2D eigenvalue weighted by atomic mass is 127. The van der Waals surface area contributed by atoms with Gasteiger partial charge in [0.15, 0.2) is 5.96 Å². The molecule has 0 aromatic carbocycles. The summed E-state index contributed by atoms with van der Waals surface area (Å²) < 4.78 is 12.0. The zero-order valence-corrected chi connectivity index (χ0v) is 17.7. The number of rotatable bonds is 7. The van der Waals surface area contributed by atoms with Crippen molar-refractivity contribution in [3.63, 3.8) is 0 Å². The molecule has 6 heteroatoms. The van der Waals surface area contributed by atoms with Crippen LogP contribution in [0.25, 0.3) is 0 Å². The van der Waals surface area contributed by atoms with E-state index in [1.54, 1.807) is 0 Å². The van der Waals surface area contributed by atoms with E-state index < -0.39 is 10.8 Å². The molecule has 0 aliphatic heterocycles. The maximum atomic E-state index is 12.0.